The Balaban J connectivity index is 2.11. The van der Waals surface area contributed by atoms with Crippen LogP contribution in [0.4, 0.5) is 5.69 Å². The van der Waals surface area contributed by atoms with Crippen molar-refractivity contribution in [2.45, 2.75) is 6.92 Å². The standard InChI is InChI=1S/C14H12N2O6/c1-9-14(16(19)20)12(22-15-9)7-4-10-2-5-11(6-3-10)21-8-13(17)18/h2-7H,8H2,1H3,(H,17,18)/b7-4-. The van der Waals surface area contributed by atoms with Crippen LogP contribution in [0.2, 0.25) is 0 Å². The molecule has 8 nitrogen and oxygen atoms in total. The third-order valence-corrected chi connectivity index (χ3v) is 2.71. The Bertz CT molecular complexity index is 717. The van der Waals surface area contributed by atoms with Crippen LogP contribution in [-0.4, -0.2) is 27.8 Å². The summed E-state index contributed by atoms with van der Waals surface area (Å²) in [6.07, 6.45) is 3.07. The normalized spacial score (nSPS) is 10.8. The summed E-state index contributed by atoms with van der Waals surface area (Å²) in [5.41, 5.74) is 0.783. The van der Waals surface area contributed by atoms with E-state index in [2.05, 4.69) is 5.16 Å². The number of benzene rings is 1. The zero-order valence-electron chi connectivity index (χ0n) is 11.6. The van der Waals surface area contributed by atoms with Gasteiger partial charge in [-0.15, -0.1) is 0 Å². The van der Waals surface area contributed by atoms with Gasteiger partial charge in [0.15, 0.2) is 12.3 Å². The highest BCUT2D eigenvalue weighted by molar-refractivity contribution is 5.72. The molecule has 1 N–H and O–H groups in total. The van der Waals surface area contributed by atoms with Gasteiger partial charge in [-0.25, -0.2) is 4.79 Å². The first kappa shape index (κ1) is 15.2. The number of aliphatic carboxylic acids is 1. The molecule has 0 radical (unpaired) electrons. The number of rotatable bonds is 6. The van der Waals surface area contributed by atoms with Gasteiger partial charge in [0.1, 0.15) is 5.75 Å². The molecule has 0 aliphatic rings. The maximum Gasteiger partial charge on any atom is 0.341 e. The number of nitrogens with zero attached hydrogens (tertiary/aromatic N) is 2. The van der Waals surface area contributed by atoms with Crippen molar-refractivity contribution in [2.24, 2.45) is 0 Å². The predicted molar refractivity (Wildman–Crippen MR) is 76.4 cm³/mol. The molecular weight excluding hydrogens is 292 g/mol. The molecular formula is C14H12N2O6. The SMILES string of the molecule is Cc1noc(/C=C\c2ccc(OCC(=O)O)cc2)c1[N+](=O)[O-]. The molecule has 0 fully saturated rings. The van der Waals surface area contributed by atoms with Crippen molar-refractivity contribution < 1.29 is 24.1 Å². The average molecular weight is 304 g/mol. The number of carboxylic acids is 1. The molecule has 1 heterocycles. The maximum absolute atomic E-state index is 10.9. The molecule has 0 amide bonds. The lowest BCUT2D eigenvalue weighted by molar-refractivity contribution is -0.386. The molecule has 1 aromatic carbocycles. The molecule has 0 saturated heterocycles. The number of hydrogen-bond acceptors (Lipinski definition) is 6. The van der Waals surface area contributed by atoms with Crippen LogP contribution in [0.15, 0.2) is 28.8 Å². The summed E-state index contributed by atoms with van der Waals surface area (Å²) in [5.74, 6) is -0.577. The van der Waals surface area contributed by atoms with Crippen LogP contribution in [0.3, 0.4) is 0 Å². The fourth-order valence-electron chi connectivity index (χ4n) is 1.71. The lowest BCUT2D eigenvalue weighted by Crippen LogP contribution is -2.09. The molecule has 0 aliphatic carbocycles. The first-order chi connectivity index (χ1) is 10.5. The smallest absolute Gasteiger partial charge is 0.341 e. The molecule has 0 spiro atoms. The van der Waals surface area contributed by atoms with Crippen LogP contribution in [0, 0.1) is 17.0 Å². The Kier molecular flexibility index (Phi) is 4.52. The zero-order valence-corrected chi connectivity index (χ0v) is 11.6. The fraction of sp³-hybridized carbons (Fsp3) is 0.143. The molecule has 0 unspecified atom stereocenters. The summed E-state index contributed by atoms with van der Waals surface area (Å²) in [5, 5.41) is 23.0. The van der Waals surface area contributed by atoms with Crippen molar-refractivity contribution in [3.63, 3.8) is 0 Å². The van der Waals surface area contributed by atoms with Gasteiger partial charge < -0.3 is 14.4 Å². The lowest BCUT2D eigenvalue weighted by atomic mass is 10.2. The van der Waals surface area contributed by atoms with E-state index in [0.29, 0.717) is 5.75 Å². The highest BCUT2D eigenvalue weighted by Gasteiger charge is 2.21. The minimum Gasteiger partial charge on any atom is -0.482 e. The number of aromatic nitrogens is 1. The van der Waals surface area contributed by atoms with Gasteiger partial charge >= 0.3 is 11.7 Å². The predicted octanol–water partition coefficient (Wildman–Crippen LogP) is 2.53. The van der Waals surface area contributed by atoms with Crippen LogP contribution in [-0.2, 0) is 4.79 Å². The molecule has 22 heavy (non-hydrogen) atoms. The number of ether oxygens (including phenoxy) is 1. The highest BCUT2D eigenvalue weighted by Crippen LogP contribution is 2.24. The fourth-order valence-corrected chi connectivity index (χ4v) is 1.71. The number of aryl methyl sites for hydroxylation is 1. The van der Waals surface area contributed by atoms with Gasteiger partial charge in [-0.05, 0) is 30.7 Å². The van der Waals surface area contributed by atoms with E-state index in [4.69, 9.17) is 14.4 Å². The number of nitro groups is 1. The summed E-state index contributed by atoms with van der Waals surface area (Å²) < 4.78 is 9.90. The second kappa shape index (κ2) is 6.53. The van der Waals surface area contributed by atoms with Crippen LogP contribution in [0.5, 0.6) is 5.75 Å². The van der Waals surface area contributed by atoms with Crippen molar-refractivity contribution in [3.05, 3.63) is 51.4 Å². The van der Waals surface area contributed by atoms with Crippen molar-refractivity contribution >= 4 is 23.8 Å². The summed E-state index contributed by atoms with van der Waals surface area (Å²) in [6, 6.07) is 6.57. The lowest BCUT2D eigenvalue weighted by Gasteiger charge is -2.02. The molecule has 0 bridgehead atoms. The molecule has 0 atom stereocenters. The van der Waals surface area contributed by atoms with Crippen LogP contribution >= 0.6 is 0 Å². The Morgan fingerprint density at radius 1 is 1.41 bits per heavy atom. The van der Waals surface area contributed by atoms with Crippen molar-refractivity contribution in [1.82, 2.24) is 5.16 Å². The van der Waals surface area contributed by atoms with Gasteiger partial charge in [-0.2, -0.15) is 0 Å². The second-order valence-corrected chi connectivity index (χ2v) is 4.32. The summed E-state index contributed by atoms with van der Waals surface area (Å²) in [4.78, 5) is 20.7. The Morgan fingerprint density at radius 2 is 2.09 bits per heavy atom. The van der Waals surface area contributed by atoms with Crippen molar-refractivity contribution in [3.8, 4) is 5.75 Å². The van der Waals surface area contributed by atoms with Gasteiger partial charge in [0, 0.05) is 0 Å². The minimum atomic E-state index is -1.06. The summed E-state index contributed by atoms with van der Waals surface area (Å²) in [6.45, 7) is 1.08. The van der Waals surface area contributed by atoms with Crippen molar-refractivity contribution in [1.29, 1.82) is 0 Å². The minimum absolute atomic E-state index is 0.0636. The van der Waals surface area contributed by atoms with Gasteiger partial charge in [0.05, 0.1) is 4.92 Å². The van der Waals surface area contributed by atoms with E-state index >= 15 is 0 Å². The summed E-state index contributed by atoms with van der Waals surface area (Å²) >= 11 is 0. The maximum atomic E-state index is 10.9. The van der Waals surface area contributed by atoms with E-state index in [1.54, 1.807) is 30.3 Å². The first-order valence-corrected chi connectivity index (χ1v) is 6.21. The third-order valence-electron chi connectivity index (χ3n) is 2.71. The van der Waals surface area contributed by atoms with Gasteiger partial charge in [-0.1, -0.05) is 23.4 Å². The van der Waals surface area contributed by atoms with E-state index < -0.39 is 17.5 Å². The van der Waals surface area contributed by atoms with E-state index in [1.165, 1.54) is 13.0 Å². The largest absolute Gasteiger partial charge is 0.482 e. The molecule has 0 saturated carbocycles. The topological polar surface area (TPSA) is 116 Å². The van der Waals surface area contributed by atoms with E-state index in [0.717, 1.165) is 5.56 Å². The Hall–Kier alpha value is -3.16. The molecule has 0 aliphatic heterocycles. The molecule has 2 rings (SSSR count). The van der Waals surface area contributed by atoms with Gasteiger partial charge in [-0.3, -0.25) is 10.1 Å². The van der Waals surface area contributed by atoms with Crippen LogP contribution in [0.25, 0.3) is 12.2 Å². The average Bonchev–Trinajstić information content (AvgIpc) is 2.85. The second-order valence-electron chi connectivity index (χ2n) is 4.32. The van der Waals surface area contributed by atoms with E-state index in [-0.39, 0.29) is 17.1 Å². The summed E-state index contributed by atoms with van der Waals surface area (Å²) in [7, 11) is 0. The van der Waals surface area contributed by atoms with Crippen LogP contribution < -0.4 is 4.74 Å². The van der Waals surface area contributed by atoms with E-state index in [1.807, 2.05) is 0 Å². The molecule has 2 aromatic rings. The zero-order chi connectivity index (χ0) is 16.1. The first-order valence-electron chi connectivity index (χ1n) is 6.21. The quantitative estimate of drug-likeness (QED) is 0.643. The molecule has 114 valence electrons. The Labute approximate surface area is 124 Å². The van der Waals surface area contributed by atoms with Gasteiger partial charge in [0.2, 0.25) is 5.76 Å². The van der Waals surface area contributed by atoms with Crippen molar-refractivity contribution in [2.75, 3.05) is 6.61 Å². The molecule has 8 heteroatoms. The number of carboxylic acid groups (broad SMARTS) is 1. The highest BCUT2D eigenvalue weighted by atomic mass is 16.6. The Morgan fingerprint density at radius 3 is 2.68 bits per heavy atom. The monoisotopic (exact) mass is 304 g/mol. The number of carbonyl (C=O) groups is 1. The van der Waals surface area contributed by atoms with E-state index in [9.17, 15) is 14.9 Å². The molecule has 1 aromatic heterocycles. The van der Waals surface area contributed by atoms with Gasteiger partial charge in [0.25, 0.3) is 0 Å². The third kappa shape index (κ3) is 3.69. The number of hydrogen-bond donors (Lipinski definition) is 1. The van der Waals surface area contributed by atoms with Crippen LogP contribution in [0.1, 0.15) is 17.0 Å².